The van der Waals surface area contributed by atoms with E-state index in [-0.39, 0.29) is 11.5 Å². The number of aryl methyl sites for hydroxylation is 1. The van der Waals surface area contributed by atoms with Crippen molar-refractivity contribution in [2.75, 3.05) is 25.1 Å². The molecule has 0 radical (unpaired) electrons. The van der Waals surface area contributed by atoms with E-state index in [2.05, 4.69) is 17.2 Å². The van der Waals surface area contributed by atoms with Crippen LogP contribution < -0.4 is 25.1 Å². The molecule has 7 heteroatoms. The first-order valence-corrected chi connectivity index (χ1v) is 11.0. The molecule has 0 aliphatic carbocycles. The molecule has 170 valence electrons. The Morgan fingerprint density at radius 3 is 2.16 bits per heavy atom. The van der Waals surface area contributed by atoms with Crippen molar-refractivity contribution in [3.05, 3.63) is 57.9 Å². The third-order valence-corrected chi connectivity index (χ3v) is 4.88. The zero-order valence-electron chi connectivity index (χ0n) is 19.0. The van der Waals surface area contributed by atoms with Crippen LogP contribution in [-0.2, 0) is 6.42 Å². The van der Waals surface area contributed by atoms with Gasteiger partial charge in [-0.15, -0.1) is 0 Å². The molecular formula is C25H30N2O5. The van der Waals surface area contributed by atoms with E-state index >= 15 is 0 Å². The van der Waals surface area contributed by atoms with E-state index < -0.39 is 0 Å². The first kappa shape index (κ1) is 23.2. The number of nitrogens with one attached hydrogen (secondary N) is 2. The Morgan fingerprint density at radius 1 is 0.906 bits per heavy atom. The molecule has 0 saturated carbocycles. The number of hydrogen-bond acceptors (Lipinski definition) is 5. The number of anilines is 1. The fourth-order valence-corrected chi connectivity index (χ4v) is 3.61. The number of amides is 1. The Labute approximate surface area is 187 Å². The van der Waals surface area contributed by atoms with Crippen LogP contribution in [0.3, 0.4) is 0 Å². The summed E-state index contributed by atoms with van der Waals surface area (Å²) in [4.78, 5) is 27.9. The quantitative estimate of drug-likeness (QED) is 0.468. The Bertz CT molecular complexity index is 1130. The van der Waals surface area contributed by atoms with Crippen molar-refractivity contribution in [2.24, 2.45) is 0 Å². The zero-order chi connectivity index (χ0) is 23.1. The topological polar surface area (TPSA) is 89.7 Å². The molecule has 1 heterocycles. The lowest BCUT2D eigenvalue weighted by atomic mass is 10.0. The highest BCUT2D eigenvalue weighted by atomic mass is 16.5. The van der Waals surface area contributed by atoms with Crippen molar-refractivity contribution in [1.82, 2.24) is 4.98 Å². The van der Waals surface area contributed by atoms with Crippen LogP contribution in [0.25, 0.3) is 10.9 Å². The number of H-pyrrole nitrogens is 1. The van der Waals surface area contributed by atoms with Crippen LogP contribution in [0.4, 0.5) is 5.69 Å². The van der Waals surface area contributed by atoms with Crippen molar-refractivity contribution in [2.45, 2.75) is 40.5 Å². The van der Waals surface area contributed by atoms with Gasteiger partial charge in [-0.3, -0.25) is 9.59 Å². The predicted molar refractivity (Wildman–Crippen MR) is 126 cm³/mol. The smallest absolute Gasteiger partial charge is 0.255 e. The van der Waals surface area contributed by atoms with E-state index in [1.54, 1.807) is 24.3 Å². The minimum Gasteiger partial charge on any atom is -0.490 e. The molecule has 0 unspecified atom stereocenters. The highest BCUT2D eigenvalue weighted by molar-refractivity contribution is 6.06. The average Bonchev–Trinajstić information content (AvgIpc) is 2.76. The summed E-state index contributed by atoms with van der Waals surface area (Å²) >= 11 is 0. The Balaban J connectivity index is 1.95. The zero-order valence-corrected chi connectivity index (χ0v) is 19.0. The fraction of sp³-hybridized carbons (Fsp3) is 0.360. The number of rotatable bonds is 10. The highest BCUT2D eigenvalue weighted by Gasteiger charge is 2.18. The van der Waals surface area contributed by atoms with Gasteiger partial charge in [0.15, 0.2) is 11.5 Å². The Hall–Kier alpha value is -3.48. The van der Waals surface area contributed by atoms with E-state index in [4.69, 9.17) is 14.2 Å². The predicted octanol–water partition coefficient (Wildman–Crippen LogP) is 4.93. The molecule has 0 saturated heterocycles. The van der Waals surface area contributed by atoms with Crippen LogP contribution >= 0.6 is 0 Å². The van der Waals surface area contributed by atoms with E-state index in [0.717, 1.165) is 23.8 Å². The van der Waals surface area contributed by atoms with Crippen LogP contribution in [0, 0.1) is 0 Å². The normalized spacial score (nSPS) is 10.8. The van der Waals surface area contributed by atoms with Gasteiger partial charge in [0.1, 0.15) is 0 Å². The average molecular weight is 439 g/mol. The van der Waals surface area contributed by atoms with Gasteiger partial charge in [-0.2, -0.15) is 0 Å². The summed E-state index contributed by atoms with van der Waals surface area (Å²) in [5.74, 6) is 1.08. The Morgan fingerprint density at radius 2 is 1.56 bits per heavy atom. The second kappa shape index (κ2) is 10.7. The third kappa shape index (κ3) is 5.22. The number of fused-ring (bicyclic) bond motifs is 1. The summed E-state index contributed by atoms with van der Waals surface area (Å²) in [6.07, 6.45) is 1.76. The summed E-state index contributed by atoms with van der Waals surface area (Å²) in [5, 5.41) is 3.87. The molecule has 2 N–H and O–H groups in total. The molecule has 2 aromatic carbocycles. The standard InChI is InChI=1S/C25H30N2O5/c1-5-9-16-14-23(28)27-20-15-18(10-11-19(16)20)26-25(29)17-12-21(30-6-2)24(32-8-4)22(13-17)31-7-3/h10-15H,5-9H2,1-4H3,(H,26,29)(H,27,28). The number of pyridine rings is 1. The van der Waals surface area contributed by atoms with Crippen LogP contribution in [0.2, 0.25) is 0 Å². The largest absolute Gasteiger partial charge is 0.490 e. The number of benzene rings is 2. The SMILES string of the molecule is CCCc1cc(=O)[nH]c2cc(NC(=O)c3cc(OCC)c(OCC)c(OCC)c3)ccc12. The number of carbonyl (C=O) groups is 1. The van der Waals surface area contributed by atoms with Gasteiger partial charge in [-0.1, -0.05) is 19.4 Å². The summed E-state index contributed by atoms with van der Waals surface area (Å²) in [5.41, 5.74) is 2.50. The van der Waals surface area contributed by atoms with Crippen LogP contribution in [-0.4, -0.2) is 30.7 Å². The van der Waals surface area contributed by atoms with E-state index in [1.165, 1.54) is 0 Å². The fourth-order valence-electron chi connectivity index (χ4n) is 3.61. The lowest BCUT2D eigenvalue weighted by Gasteiger charge is -2.17. The lowest BCUT2D eigenvalue weighted by molar-refractivity contribution is 0.102. The van der Waals surface area contributed by atoms with Gasteiger partial charge in [-0.05, 0) is 57.0 Å². The van der Waals surface area contributed by atoms with Gasteiger partial charge < -0.3 is 24.5 Å². The van der Waals surface area contributed by atoms with Crippen molar-refractivity contribution in [3.8, 4) is 17.2 Å². The molecule has 0 fully saturated rings. The maximum atomic E-state index is 13.0. The summed E-state index contributed by atoms with van der Waals surface area (Å²) in [6, 6.07) is 10.5. The molecule has 1 amide bonds. The third-order valence-electron chi connectivity index (χ3n) is 4.88. The van der Waals surface area contributed by atoms with Gasteiger partial charge in [0.05, 0.1) is 25.3 Å². The number of aromatic amines is 1. The summed E-state index contributed by atoms with van der Waals surface area (Å²) < 4.78 is 17.1. The van der Waals surface area contributed by atoms with E-state index in [1.807, 2.05) is 32.9 Å². The molecule has 0 aliphatic heterocycles. The second-order valence-electron chi connectivity index (χ2n) is 7.22. The van der Waals surface area contributed by atoms with Crippen molar-refractivity contribution in [1.29, 1.82) is 0 Å². The maximum absolute atomic E-state index is 13.0. The van der Waals surface area contributed by atoms with Crippen LogP contribution in [0.15, 0.2) is 41.2 Å². The summed E-state index contributed by atoms with van der Waals surface area (Å²) in [7, 11) is 0. The Kier molecular flexibility index (Phi) is 7.76. The van der Waals surface area contributed by atoms with Gasteiger partial charge in [0.2, 0.25) is 11.3 Å². The molecule has 0 aliphatic rings. The molecule has 32 heavy (non-hydrogen) atoms. The highest BCUT2D eigenvalue weighted by Crippen LogP contribution is 2.39. The minimum absolute atomic E-state index is 0.154. The number of hydrogen-bond donors (Lipinski definition) is 2. The number of aromatic nitrogens is 1. The van der Waals surface area contributed by atoms with E-state index in [9.17, 15) is 9.59 Å². The van der Waals surface area contributed by atoms with Gasteiger partial charge >= 0.3 is 0 Å². The molecule has 0 atom stereocenters. The lowest BCUT2D eigenvalue weighted by Crippen LogP contribution is -2.14. The second-order valence-corrected chi connectivity index (χ2v) is 7.22. The molecule has 0 spiro atoms. The molecule has 3 rings (SSSR count). The van der Waals surface area contributed by atoms with Crippen molar-refractivity contribution in [3.63, 3.8) is 0 Å². The van der Waals surface area contributed by atoms with Crippen molar-refractivity contribution < 1.29 is 19.0 Å². The number of carbonyl (C=O) groups excluding carboxylic acids is 1. The molecular weight excluding hydrogens is 408 g/mol. The number of ether oxygens (including phenoxy) is 3. The first-order chi connectivity index (χ1) is 15.5. The van der Waals surface area contributed by atoms with Gasteiger partial charge in [-0.25, -0.2) is 0 Å². The molecule has 0 bridgehead atoms. The van der Waals surface area contributed by atoms with Crippen molar-refractivity contribution >= 4 is 22.5 Å². The monoisotopic (exact) mass is 438 g/mol. The van der Waals surface area contributed by atoms with Gasteiger partial charge in [0.25, 0.3) is 5.91 Å². The maximum Gasteiger partial charge on any atom is 0.255 e. The molecule has 3 aromatic rings. The first-order valence-electron chi connectivity index (χ1n) is 11.0. The van der Waals surface area contributed by atoms with E-state index in [0.29, 0.717) is 53.8 Å². The summed E-state index contributed by atoms with van der Waals surface area (Å²) in [6.45, 7) is 8.98. The van der Waals surface area contributed by atoms with Crippen LogP contribution in [0.5, 0.6) is 17.2 Å². The van der Waals surface area contributed by atoms with Gasteiger partial charge in [0, 0.05) is 22.7 Å². The molecule has 1 aromatic heterocycles. The molecule has 7 nitrogen and oxygen atoms in total. The minimum atomic E-state index is -0.318. The van der Waals surface area contributed by atoms with Crippen LogP contribution in [0.1, 0.15) is 50.0 Å².